The summed E-state index contributed by atoms with van der Waals surface area (Å²) in [7, 11) is 0. The number of likely N-dealkylation sites (tertiary alicyclic amines) is 1. The fourth-order valence-electron chi connectivity index (χ4n) is 3.35. The van der Waals surface area contributed by atoms with Crippen molar-refractivity contribution in [1.29, 1.82) is 0 Å². The van der Waals surface area contributed by atoms with E-state index in [0.717, 1.165) is 25.9 Å². The number of hydrogen-bond acceptors (Lipinski definition) is 3. The molecule has 3 nitrogen and oxygen atoms in total. The Morgan fingerprint density at radius 1 is 1.22 bits per heavy atom. The summed E-state index contributed by atoms with van der Waals surface area (Å²) in [4.78, 5) is 13.9. The monoisotopic (exact) mass is 253 g/mol. The lowest BCUT2D eigenvalue weighted by molar-refractivity contribution is -0.123. The van der Waals surface area contributed by atoms with Gasteiger partial charge in [0.1, 0.15) is 5.78 Å². The predicted molar refractivity (Wildman–Crippen MR) is 72.7 cm³/mol. The molecule has 1 saturated heterocycles. The molecule has 2 aliphatic rings. The van der Waals surface area contributed by atoms with Gasteiger partial charge in [-0.1, -0.05) is 0 Å². The van der Waals surface area contributed by atoms with Gasteiger partial charge in [0.25, 0.3) is 0 Å². The molecule has 0 unspecified atom stereocenters. The highest BCUT2D eigenvalue weighted by Gasteiger charge is 2.37. The van der Waals surface area contributed by atoms with Crippen molar-refractivity contribution in [3.63, 3.8) is 0 Å². The van der Waals surface area contributed by atoms with Gasteiger partial charge in [-0.25, -0.2) is 0 Å². The van der Waals surface area contributed by atoms with Crippen LogP contribution in [0.25, 0.3) is 0 Å². The largest absolute Gasteiger partial charge is 0.376 e. The summed E-state index contributed by atoms with van der Waals surface area (Å²) in [5.74, 6) is 0.437. The molecule has 1 aliphatic heterocycles. The highest BCUT2D eigenvalue weighted by atomic mass is 16.5. The molecule has 0 radical (unpaired) electrons. The quantitative estimate of drug-likeness (QED) is 0.774. The van der Waals surface area contributed by atoms with E-state index in [4.69, 9.17) is 4.74 Å². The number of Topliss-reactive ketones (excluding diaryl/α,β-unsaturated/α-hetero) is 1. The molecule has 2 rings (SSSR count). The zero-order valence-corrected chi connectivity index (χ0v) is 12.1. The maximum Gasteiger partial charge on any atom is 0.135 e. The number of carbonyl (C=O) groups is 1. The van der Waals surface area contributed by atoms with Crippen LogP contribution in [0.1, 0.15) is 59.3 Å². The summed E-state index contributed by atoms with van der Waals surface area (Å²) < 4.78 is 5.92. The second-order valence-electron chi connectivity index (χ2n) is 6.41. The Morgan fingerprint density at radius 3 is 2.28 bits per heavy atom. The summed E-state index contributed by atoms with van der Waals surface area (Å²) in [5, 5.41) is 0. The molecule has 0 amide bonds. The van der Waals surface area contributed by atoms with Gasteiger partial charge < -0.3 is 4.74 Å². The maximum absolute atomic E-state index is 11.3. The summed E-state index contributed by atoms with van der Waals surface area (Å²) in [6.07, 6.45) is 7.04. The SMILES string of the molecule is CC(C)OC1CCC(C)(N2CCC(=O)CC2)CC1. The van der Waals surface area contributed by atoms with Crippen LogP contribution in [0, 0.1) is 0 Å². The Bertz CT molecular complexity index is 283. The average molecular weight is 253 g/mol. The average Bonchev–Trinajstić information content (AvgIpc) is 2.32. The summed E-state index contributed by atoms with van der Waals surface area (Å²) >= 11 is 0. The third-order valence-electron chi connectivity index (χ3n) is 4.56. The fourth-order valence-corrected chi connectivity index (χ4v) is 3.35. The molecule has 0 aromatic heterocycles. The van der Waals surface area contributed by atoms with Crippen LogP contribution in [-0.4, -0.2) is 41.5 Å². The highest BCUT2D eigenvalue weighted by molar-refractivity contribution is 5.79. The Labute approximate surface area is 111 Å². The molecule has 2 fully saturated rings. The van der Waals surface area contributed by atoms with Gasteiger partial charge in [-0.05, 0) is 46.5 Å². The highest BCUT2D eigenvalue weighted by Crippen LogP contribution is 2.36. The number of ether oxygens (including phenoxy) is 1. The van der Waals surface area contributed by atoms with Gasteiger partial charge in [-0.15, -0.1) is 0 Å². The van der Waals surface area contributed by atoms with Crippen molar-refractivity contribution in [2.75, 3.05) is 13.1 Å². The van der Waals surface area contributed by atoms with Crippen molar-refractivity contribution in [2.24, 2.45) is 0 Å². The summed E-state index contributed by atoms with van der Waals surface area (Å²) in [6, 6.07) is 0. The van der Waals surface area contributed by atoms with Crippen LogP contribution >= 0.6 is 0 Å². The number of piperidine rings is 1. The number of rotatable bonds is 3. The minimum absolute atomic E-state index is 0.303. The zero-order chi connectivity index (χ0) is 13.2. The van der Waals surface area contributed by atoms with Crippen molar-refractivity contribution in [3.05, 3.63) is 0 Å². The van der Waals surface area contributed by atoms with E-state index < -0.39 is 0 Å². The lowest BCUT2D eigenvalue weighted by atomic mass is 9.79. The molecular formula is C15H27NO2. The van der Waals surface area contributed by atoms with Crippen LogP contribution in [0.15, 0.2) is 0 Å². The molecule has 1 heterocycles. The van der Waals surface area contributed by atoms with Gasteiger partial charge in [-0.3, -0.25) is 9.69 Å². The molecule has 18 heavy (non-hydrogen) atoms. The van der Waals surface area contributed by atoms with Gasteiger partial charge in [0.05, 0.1) is 12.2 Å². The normalized spacial score (nSPS) is 35.1. The van der Waals surface area contributed by atoms with Crippen LogP contribution < -0.4 is 0 Å². The van der Waals surface area contributed by atoms with Gasteiger partial charge in [0, 0.05) is 31.5 Å². The minimum atomic E-state index is 0.303. The smallest absolute Gasteiger partial charge is 0.135 e. The van der Waals surface area contributed by atoms with E-state index in [-0.39, 0.29) is 0 Å². The number of nitrogens with zero attached hydrogens (tertiary/aromatic N) is 1. The van der Waals surface area contributed by atoms with E-state index in [2.05, 4.69) is 25.7 Å². The molecular weight excluding hydrogens is 226 g/mol. The standard InChI is InChI=1S/C15H27NO2/c1-12(2)18-14-4-8-15(3,9-5-14)16-10-6-13(17)7-11-16/h12,14H,4-11H2,1-3H3. The van der Waals surface area contributed by atoms with Gasteiger partial charge >= 0.3 is 0 Å². The third kappa shape index (κ3) is 3.33. The van der Waals surface area contributed by atoms with Gasteiger partial charge in [-0.2, -0.15) is 0 Å². The van der Waals surface area contributed by atoms with E-state index in [1.54, 1.807) is 0 Å². The van der Waals surface area contributed by atoms with E-state index in [0.29, 0.717) is 23.5 Å². The lowest BCUT2D eigenvalue weighted by Gasteiger charge is -2.47. The van der Waals surface area contributed by atoms with Crippen LogP contribution in [-0.2, 0) is 9.53 Å². The van der Waals surface area contributed by atoms with E-state index in [1.165, 1.54) is 25.7 Å². The second-order valence-corrected chi connectivity index (χ2v) is 6.41. The van der Waals surface area contributed by atoms with Crippen LogP contribution in [0.4, 0.5) is 0 Å². The number of ketones is 1. The fraction of sp³-hybridized carbons (Fsp3) is 0.933. The van der Waals surface area contributed by atoms with Crippen molar-refractivity contribution >= 4 is 5.78 Å². The molecule has 0 aromatic carbocycles. The Balaban J connectivity index is 1.85. The molecule has 0 aromatic rings. The molecule has 3 heteroatoms. The molecule has 1 saturated carbocycles. The first kappa shape index (κ1) is 14.0. The first-order valence-electron chi connectivity index (χ1n) is 7.42. The first-order valence-corrected chi connectivity index (χ1v) is 7.42. The van der Waals surface area contributed by atoms with E-state index in [1.807, 2.05) is 0 Å². The molecule has 0 N–H and O–H groups in total. The number of carbonyl (C=O) groups excluding carboxylic acids is 1. The Kier molecular flexibility index (Phi) is 4.44. The summed E-state index contributed by atoms with van der Waals surface area (Å²) in [6.45, 7) is 8.53. The lowest BCUT2D eigenvalue weighted by Crippen LogP contribution is -2.52. The Morgan fingerprint density at radius 2 is 1.78 bits per heavy atom. The molecule has 104 valence electrons. The predicted octanol–water partition coefficient (Wildman–Crippen LogP) is 2.78. The van der Waals surface area contributed by atoms with E-state index in [9.17, 15) is 4.79 Å². The third-order valence-corrected chi connectivity index (χ3v) is 4.56. The van der Waals surface area contributed by atoms with E-state index >= 15 is 0 Å². The van der Waals surface area contributed by atoms with Crippen molar-refractivity contribution in [3.8, 4) is 0 Å². The zero-order valence-electron chi connectivity index (χ0n) is 12.1. The maximum atomic E-state index is 11.3. The molecule has 0 bridgehead atoms. The first-order chi connectivity index (χ1) is 8.49. The van der Waals surface area contributed by atoms with Crippen LogP contribution in [0.2, 0.25) is 0 Å². The molecule has 0 spiro atoms. The molecule has 0 atom stereocenters. The number of hydrogen-bond donors (Lipinski definition) is 0. The topological polar surface area (TPSA) is 29.5 Å². The minimum Gasteiger partial charge on any atom is -0.376 e. The van der Waals surface area contributed by atoms with Crippen molar-refractivity contribution in [1.82, 2.24) is 4.90 Å². The van der Waals surface area contributed by atoms with Crippen molar-refractivity contribution in [2.45, 2.75) is 77.0 Å². The van der Waals surface area contributed by atoms with Crippen molar-refractivity contribution < 1.29 is 9.53 Å². The Hall–Kier alpha value is -0.410. The van der Waals surface area contributed by atoms with Crippen LogP contribution in [0.3, 0.4) is 0 Å². The van der Waals surface area contributed by atoms with Gasteiger partial charge in [0.15, 0.2) is 0 Å². The summed E-state index contributed by atoms with van der Waals surface area (Å²) in [5.41, 5.74) is 0.303. The van der Waals surface area contributed by atoms with Gasteiger partial charge in [0.2, 0.25) is 0 Å². The second kappa shape index (κ2) is 5.70. The van der Waals surface area contributed by atoms with Crippen LogP contribution in [0.5, 0.6) is 0 Å². The molecule has 1 aliphatic carbocycles.